The first kappa shape index (κ1) is 13.6. The Morgan fingerprint density at radius 3 is 2.00 bits per heavy atom. The zero-order valence-corrected chi connectivity index (χ0v) is 11.9. The van der Waals surface area contributed by atoms with Crippen LogP contribution in [0.2, 0.25) is 19.6 Å². The van der Waals surface area contributed by atoms with E-state index in [-0.39, 0.29) is 0 Å². The van der Waals surface area contributed by atoms with E-state index in [1.165, 1.54) is 7.11 Å². The Balaban J connectivity index is 3.35. The maximum atomic E-state index is 11.2. The number of methoxy groups -OCH3 is 2. The first-order valence-electron chi connectivity index (χ1n) is 5.32. The highest BCUT2D eigenvalue weighted by Gasteiger charge is 2.23. The molecule has 94 valence electrons. The van der Waals surface area contributed by atoms with Gasteiger partial charge in [-0.2, -0.15) is 0 Å². The molecule has 0 saturated carbocycles. The molecule has 0 bridgehead atoms. The zero-order chi connectivity index (χ0) is 13.1. The fourth-order valence-electron chi connectivity index (χ4n) is 1.42. The van der Waals surface area contributed by atoms with Crippen molar-refractivity contribution >= 4 is 14.6 Å². The van der Waals surface area contributed by atoms with Crippen molar-refractivity contribution in [3.8, 4) is 17.2 Å². The molecule has 17 heavy (non-hydrogen) atoms. The SMILES string of the molecule is COc1ccc(OC)c(O[Si](C)(C)C)c1C=O. The highest BCUT2D eigenvalue weighted by atomic mass is 28.4. The maximum absolute atomic E-state index is 11.2. The van der Waals surface area contributed by atoms with Crippen molar-refractivity contribution < 1.29 is 18.7 Å². The molecule has 1 aromatic rings. The molecule has 0 unspecified atom stereocenters. The van der Waals surface area contributed by atoms with Gasteiger partial charge < -0.3 is 13.9 Å². The lowest BCUT2D eigenvalue weighted by Gasteiger charge is -2.23. The van der Waals surface area contributed by atoms with E-state index in [1.54, 1.807) is 19.2 Å². The van der Waals surface area contributed by atoms with E-state index >= 15 is 0 Å². The van der Waals surface area contributed by atoms with Crippen molar-refractivity contribution in [2.45, 2.75) is 19.6 Å². The quantitative estimate of drug-likeness (QED) is 0.598. The third-order valence-corrected chi connectivity index (χ3v) is 2.90. The maximum Gasteiger partial charge on any atom is 0.242 e. The van der Waals surface area contributed by atoms with Gasteiger partial charge in [-0.05, 0) is 31.8 Å². The minimum atomic E-state index is -1.82. The Morgan fingerprint density at radius 2 is 1.59 bits per heavy atom. The Morgan fingerprint density at radius 1 is 1.06 bits per heavy atom. The average Bonchev–Trinajstić information content (AvgIpc) is 2.26. The van der Waals surface area contributed by atoms with Crippen LogP contribution in [0, 0.1) is 0 Å². The van der Waals surface area contributed by atoms with Gasteiger partial charge in [0.15, 0.2) is 17.8 Å². The fourth-order valence-corrected chi connectivity index (χ4v) is 2.25. The zero-order valence-electron chi connectivity index (χ0n) is 10.9. The van der Waals surface area contributed by atoms with Crippen LogP contribution in [0.4, 0.5) is 0 Å². The highest BCUT2D eigenvalue weighted by molar-refractivity contribution is 6.70. The van der Waals surface area contributed by atoms with Gasteiger partial charge in [-0.1, -0.05) is 0 Å². The van der Waals surface area contributed by atoms with Gasteiger partial charge in [0.1, 0.15) is 11.3 Å². The molecular weight excluding hydrogens is 236 g/mol. The molecule has 0 saturated heterocycles. The van der Waals surface area contributed by atoms with Crippen molar-refractivity contribution in [2.24, 2.45) is 0 Å². The molecule has 0 radical (unpaired) electrons. The first-order valence-corrected chi connectivity index (χ1v) is 8.73. The molecule has 4 nitrogen and oxygen atoms in total. The second-order valence-corrected chi connectivity index (χ2v) is 8.97. The molecular formula is C12H18O4Si. The molecule has 0 fully saturated rings. The second kappa shape index (κ2) is 5.22. The van der Waals surface area contributed by atoms with Crippen LogP contribution in [-0.4, -0.2) is 28.8 Å². The molecule has 0 spiro atoms. The molecule has 0 aromatic heterocycles. The Labute approximate surface area is 103 Å². The van der Waals surface area contributed by atoms with E-state index in [1.807, 2.05) is 19.6 Å². The van der Waals surface area contributed by atoms with Gasteiger partial charge in [0.25, 0.3) is 0 Å². The number of ether oxygens (including phenoxy) is 2. The molecule has 0 aliphatic rings. The summed E-state index contributed by atoms with van der Waals surface area (Å²) in [6.45, 7) is 6.13. The largest absolute Gasteiger partial charge is 0.541 e. The molecule has 0 amide bonds. The molecule has 5 heteroatoms. The minimum Gasteiger partial charge on any atom is -0.541 e. The van der Waals surface area contributed by atoms with E-state index in [9.17, 15) is 4.79 Å². The molecule has 0 heterocycles. The monoisotopic (exact) mass is 254 g/mol. The number of rotatable bonds is 5. The van der Waals surface area contributed by atoms with E-state index in [4.69, 9.17) is 13.9 Å². The molecule has 0 aliphatic carbocycles. The fraction of sp³-hybridized carbons (Fsp3) is 0.417. The topological polar surface area (TPSA) is 44.8 Å². The van der Waals surface area contributed by atoms with Gasteiger partial charge in [0.2, 0.25) is 8.32 Å². The molecule has 1 aromatic carbocycles. The van der Waals surface area contributed by atoms with Crippen molar-refractivity contribution in [2.75, 3.05) is 14.2 Å². The number of hydrogen-bond acceptors (Lipinski definition) is 4. The summed E-state index contributed by atoms with van der Waals surface area (Å²) >= 11 is 0. The highest BCUT2D eigenvalue weighted by Crippen LogP contribution is 2.37. The van der Waals surface area contributed by atoms with Crippen LogP contribution in [-0.2, 0) is 0 Å². The van der Waals surface area contributed by atoms with Crippen molar-refractivity contribution in [3.63, 3.8) is 0 Å². The summed E-state index contributed by atoms with van der Waals surface area (Å²) in [5.74, 6) is 1.52. The lowest BCUT2D eigenvalue weighted by Crippen LogP contribution is -2.30. The van der Waals surface area contributed by atoms with E-state index < -0.39 is 8.32 Å². The Hall–Kier alpha value is -1.49. The average molecular weight is 254 g/mol. The number of aldehydes is 1. The number of hydrogen-bond donors (Lipinski definition) is 0. The normalized spacial score (nSPS) is 10.9. The van der Waals surface area contributed by atoms with E-state index in [2.05, 4.69) is 0 Å². The summed E-state index contributed by atoms with van der Waals surface area (Å²) in [4.78, 5) is 11.2. The second-order valence-electron chi connectivity index (χ2n) is 4.55. The predicted molar refractivity (Wildman–Crippen MR) is 68.9 cm³/mol. The van der Waals surface area contributed by atoms with E-state index in [0.717, 1.165) is 6.29 Å². The van der Waals surface area contributed by atoms with Crippen LogP contribution in [0.15, 0.2) is 12.1 Å². The summed E-state index contributed by atoms with van der Waals surface area (Å²) in [6.07, 6.45) is 0.733. The van der Waals surface area contributed by atoms with Gasteiger partial charge >= 0.3 is 0 Å². The van der Waals surface area contributed by atoms with Crippen LogP contribution in [0.25, 0.3) is 0 Å². The molecule has 1 rings (SSSR count). The Kier molecular flexibility index (Phi) is 4.17. The van der Waals surface area contributed by atoms with Crippen LogP contribution >= 0.6 is 0 Å². The third-order valence-electron chi connectivity index (χ3n) is 2.09. The summed E-state index contributed by atoms with van der Waals surface area (Å²) < 4.78 is 16.2. The van der Waals surface area contributed by atoms with Crippen LogP contribution in [0.5, 0.6) is 17.2 Å². The van der Waals surface area contributed by atoms with Gasteiger partial charge in [0.05, 0.1) is 14.2 Å². The van der Waals surface area contributed by atoms with Crippen LogP contribution < -0.4 is 13.9 Å². The van der Waals surface area contributed by atoms with Crippen molar-refractivity contribution in [1.29, 1.82) is 0 Å². The third kappa shape index (κ3) is 3.23. The summed E-state index contributed by atoms with van der Waals surface area (Å²) in [5, 5.41) is 0. The lowest BCUT2D eigenvalue weighted by molar-refractivity contribution is 0.111. The summed E-state index contributed by atoms with van der Waals surface area (Å²) in [5.41, 5.74) is 0.397. The van der Waals surface area contributed by atoms with Crippen molar-refractivity contribution in [1.82, 2.24) is 0 Å². The number of benzene rings is 1. The Bertz CT molecular complexity index is 410. The van der Waals surface area contributed by atoms with Gasteiger partial charge in [-0.15, -0.1) is 0 Å². The molecule has 0 aliphatic heterocycles. The van der Waals surface area contributed by atoms with E-state index in [0.29, 0.717) is 22.8 Å². The van der Waals surface area contributed by atoms with Crippen LogP contribution in [0.1, 0.15) is 10.4 Å². The minimum absolute atomic E-state index is 0.397. The summed E-state index contributed by atoms with van der Waals surface area (Å²) in [7, 11) is 1.25. The van der Waals surface area contributed by atoms with Crippen molar-refractivity contribution in [3.05, 3.63) is 17.7 Å². The van der Waals surface area contributed by atoms with Crippen LogP contribution in [0.3, 0.4) is 0 Å². The molecule has 0 atom stereocenters. The van der Waals surface area contributed by atoms with Gasteiger partial charge in [-0.3, -0.25) is 4.79 Å². The number of carbonyl (C=O) groups is 1. The summed E-state index contributed by atoms with van der Waals surface area (Å²) in [6, 6.07) is 3.43. The smallest absolute Gasteiger partial charge is 0.242 e. The van der Waals surface area contributed by atoms with Gasteiger partial charge in [-0.25, -0.2) is 0 Å². The molecule has 0 N–H and O–H groups in total. The lowest BCUT2D eigenvalue weighted by atomic mass is 10.2. The van der Waals surface area contributed by atoms with Gasteiger partial charge in [0, 0.05) is 0 Å². The standard InChI is InChI=1S/C12H18O4Si/c1-14-10-6-7-11(15-2)12(9(10)8-13)16-17(3,4)5/h6-8H,1-5H3. The predicted octanol–water partition coefficient (Wildman–Crippen LogP) is 2.73. The first-order chi connectivity index (χ1) is 7.92. The number of carbonyl (C=O) groups excluding carboxylic acids is 1.